The minimum absolute atomic E-state index is 0.0977. The Morgan fingerprint density at radius 2 is 2.16 bits per heavy atom. The van der Waals surface area contributed by atoms with Crippen LogP contribution in [0.4, 0.5) is 23.8 Å². The second kappa shape index (κ2) is 6.60. The van der Waals surface area contributed by atoms with Crippen molar-refractivity contribution in [3.63, 3.8) is 0 Å². The van der Waals surface area contributed by atoms with Gasteiger partial charge >= 0.3 is 12.3 Å². The fourth-order valence-electron chi connectivity index (χ4n) is 1.17. The zero-order chi connectivity index (χ0) is 14.5. The predicted molar refractivity (Wildman–Crippen MR) is 64.1 cm³/mol. The van der Waals surface area contributed by atoms with Crippen LogP contribution in [0.1, 0.15) is 25.3 Å². The van der Waals surface area contributed by atoms with Crippen molar-refractivity contribution >= 4 is 23.5 Å². The van der Waals surface area contributed by atoms with E-state index in [1.54, 1.807) is 0 Å². The van der Waals surface area contributed by atoms with Crippen molar-refractivity contribution in [3.05, 3.63) is 22.8 Å². The van der Waals surface area contributed by atoms with Gasteiger partial charge in [-0.15, -0.1) is 0 Å². The van der Waals surface area contributed by atoms with E-state index in [-0.39, 0.29) is 12.4 Å². The largest absolute Gasteiger partial charge is 0.449 e. The van der Waals surface area contributed by atoms with Gasteiger partial charge in [0.2, 0.25) is 0 Å². The molecule has 0 spiro atoms. The predicted octanol–water partition coefficient (Wildman–Crippen LogP) is 4.10. The van der Waals surface area contributed by atoms with Crippen LogP contribution in [0.5, 0.6) is 0 Å². The van der Waals surface area contributed by atoms with Gasteiger partial charge in [0.25, 0.3) is 0 Å². The molecule has 8 heteroatoms. The third-order valence-electron chi connectivity index (χ3n) is 2.12. The van der Waals surface area contributed by atoms with Crippen molar-refractivity contribution in [2.45, 2.75) is 25.9 Å². The van der Waals surface area contributed by atoms with Crippen LogP contribution in [0.3, 0.4) is 0 Å². The normalized spacial score (nSPS) is 11.2. The fourth-order valence-corrected chi connectivity index (χ4v) is 1.43. The molecule has 0 unspecified atom stereocenters. The molecule has 0 saturated heterocycles. The number of halogens is 4. The van der Waals surface area contributed by atoms with Crippen LogP contribution in [0.2, 0.25) is 5.15 Å². The van der Waals surface area contributed by atoms with Gasteiger partial charge in [-0.1, -0.05) is 24.9 Å². The summed E-state index contributed by atoms with van der Waals surface area (Å²) in [6.07, 6.45) is -3.80. The number of aromatic nitrogens is 1. The summed E-state index contributed by atoms with van der Waals surface area (Å²) < 4.78 is 42.0. The zero-order valence-corrected chi connectivity index (χ0v) is 10.8. The van der Waals surface area contributed by atoms with Gasteiger partial charge in [0.1, 0.15) is 11.0 Å². The minimum atomic E-state index is -4.58. The lowest BCUT2D eigenvalue weighted by molar-refractivity contribution is -0.137. The highest BCUT2D eigenvalue weighted by molar-refractivity contribution is 6.30. The van der Waals surface area contributed by atoms with Gasteiger partial charge in [-0.2, -0.15) is 13.2 Å². The monoisotopic (exact) mass is 296 g/mol. The SMILES string of the molecule is CCCCOC(=O)Nc1ccc(C(F)(F)F)c(Cl)n1. The first-order valence-corrected chi connectivity index (χ1v) is 5.90. The molecule has 1 heterocycles. The number of anilines is 1. The molecule has 106 valence electrons. The number of hydrogen-bond donors (Lipinski definition) is 1. The first-order valence-electron chi connectivity index (χ1n) is 5.52. The smallest absolute Gasteiger partial charge is 0.419 e. The Morgan fingerprint density at radius 1 is 1.47 bits per heavy atom. The maximum absolute atomic E-state index is 12.4. The highest BCUT2D eigenvalue weighted by atomic mass is 35.5. The summed E-state index contributed by atoms with van der Waals surface area (Å²) >= 11 is 5.40. The number of carbonyl (C=O) groups is 1. The number of unbranched alkanes of at least 4 members (excludes halogenated alkanes) is 1. The van der Waals surface area contributed by atoms with Crippen LogP contribution < -0.4 is 5.32 Å². The number of pyridine rings is 1. The van der Waals surface area contributed by atoms with Crippen LogP contribution in [0.15, 0.2) is 12.1 Å². The van der Waals surface area contributed by atoms with Gasteiger partial charge in [0.15, 0.2) is 0 Å². The average Bonchev–Trinajstić information content (AvgIpc) is 2.27. The number of rotatable bonds is 4. The van der Waals surface area contributed by atoms with Crippen molar-refractivity contribution in [2.75, 3.05) is 11.9 Å². The molecule has 1 aromatic rings. The van der Waals surface area contributed by atoms with Crippen molar-refractivity contribution in [1.29, 1.82) is 0 Å². The molecular weight excluding hydrogens is 285 g/mol. The number of ether oxygens (including phenoxy) is 1. The molecule has 0 aliphatic heterocycles. The molecule has 1 rings (SSSR count). The summed E-state index contributed by atoms with van der Waals surface area (Å²) in [7, 11) is 0. The maximum Gasteiger partial charge on any atom is 0.419 e. The Morgan fingerprint density at radius 3 is 2.68 bits per heavy atom. The molecule has 0 aliphatic carbocycles. The van der Waals surface area contributed by atoms with Crippen molar-refractivity contribution in [3.8, 4) is 0 Å². The van der Waals surface area contributed by atoms with Crippen LogP contribution in [0, 0.1) is 0 Å². The summed E-state index contributed by atoms with van der Waals surface area (Å²) in [6.45, 7) is 2.16. The summed E-state index contributed by atoms with van der Waals surface area (Å²) in [6, 6.07) is 1.76. The molecule has 4 nitrogen and oxygen atoms in total. The number of nitrogens with one attached hydrogen (secondary N) is 1. The van der Waals surface area contributed by atoms with Crippen molar-refractivity contribution < 1.29 is 22.7 Å². The first-order chi connectivity index (χ1) is 8.84. The van der Waals surface area contributed by atoms with Crippen molar-refractivity contribution in [1.82, 2.24) is 4.98 Å². The minimum Gasteiger partial charge on any atom is -0.449 e. The van der Waals surface area contributed by atoms with E-state index in [9.17, 15) is 18.0 Å². The van der Waals surface area contributed by atoms with E-state index in [0.29, 0.717) is 6.42 Å². The Kier molecular flexibility index (Phi) is 5.41. The molecule has 1 amide bonds. The molecule has 0 saturated carbocycles. The lowest BCUT2D eigenvalue weighted by Gasteiger charge is -2.10. The van der Waals surface area contributed by atoms with E-state index in [4.69, 9.17) is 16.3 Å². The molecule has 0 aromatic carbocycles. The van der Waals surface area contributed by atoms with E-state index >= 15 is 0 Å². The van der Waals surface area contributed by atoms with E-state index < -0.39 is 23.0 Å². The molecule has 0 atom stereocenters. The van der Waals surface area contributed by atoms with E-state index in [0.717, 1.165) is 18.6 Å². The lowest BCUT2D eigenvalue weighted by atomic mass is 10.3. The zero-order valence-electron chi connectivity index (χ0n) is 10.1. The third kappa shape index (κ3) is 4.94. The van der Waals surface area contributed by atoms with E-state index in [1.165, 1.54) is 0 Å². The molecule has 0 fully saturated rings. The Bertz CT molecular complexity index is 452. The summed E-state index contributed by atoms with van der Waals surface area (Å²) in [5.41, 5.74) is -1.06. The fraction of sp³-hybridized carbons (Fsp3) is 0.455. The Hall–Kier alpha value is -1.50. The number of amides is 1. The summed E-state index contributed by atoms with van der Waals surface area (Å²) in [4.78, 5) is 14.7. The second-order valence-electron chi connectivity index (χ2n) is 3.65. The van der Waals surface area contributed by atoms with Crippen molar-refractivity contribution in [2.24, 2.45) is 0 Å². The number of carbonyl (C=O) groups excluding carboxylic acids is 1. The first kappa shape index (κ1) is 15.6. The molecular formula is C11H12ClF3N2O2. The molecule has 1 aromatic heterocycles. The van der Waals surface area contributed by atoms with Gasteiger partial charge in [0, 0.05) is 0 Å². The standard InChI is InChI=1S/C11H12ClF3N2O2/c1-2-3-6-19-10(18)17-8-5-4-7(9(12)16-8)11(13,14)15/h4-5H,2-3,6H2,1H3,(H,16,17,18). The Labute approximate surface area is 112 Å². The van der Waals surface area contributed by atoms with Gasteiger partial charge in [-0.3, -0.25) is 5.32 Å². The average molecular weight is 297 g/mol. The highest BCUT2D eigenvalue weighted by Gasteiger charge is 2.34. The maximum atomic E-state index is 12.4. The quantitative estimate of drug-likeness (QED) is 0.672. The molecule has 0 radical (unpaired) electrons. The van der Waals surface area contributed by atoms with Crippen LogP contribution >= 0.6 is 11.6 Å². The topological polar surface area (TPSA) is 51.2 Å². The molecule has 0 aliphatic rings. The van der Waals surface area contributed by atoms with E-state index in [1.807, 2.05) is 6.92 Å². The summed E-state index contributed by atoms with van der Waals surface area (Å²) in [5, 5.41) is 1.47. The second-order valence-corrected chi connectivity index (χ2v) is 4.01. The van der Waals surface area contributed by atoms with Crippen LogP contribution in [-0.2, 0) is 10.9 Å². The summed E-state index contributed by atoms with van der Waals surface area (Å²) in [5.74, 6) is -0.0977. The van der Waals surface area contributed by atoms with Gasteiger partial charge in [-0.05, 0) is 18.6 Å². The lowest BCUT2D eigenvalue weighted by Crippen LogP contribution is -2.16. The third-order valence-corrected chi connectivity index (χ3v) is 2.40. The highest BCUT2D eigenvalue weighted by Crippen LogP contribution is 2.34. The van der Waals surface area contributed by atoms with Crippen LogP contribution in [0.25, 0.3) is 0 Å². The number of hydrogen-bond acceptors (Lipinski definition) is 3. The molecule has 1 N–H and O–H groups in total. The van der Waals surface area contributed by atoms with Crippen LogP contribution in [-0.4, -0.2) is 17.7 Å². The number of nitrogens with zero attached hydrogens (tertiary/aromatic N) is 1. The Balaban J connectivity index is 2.66. The van der Waals surface area contributed by atoms with E-state index in [2.05, 4.69) is 10.3 Å². The van der Waals surface area contributed by atoms with Gasteiger partial charge in [0.05, 0.1) is 12.2 Å². The molecule has 19 heavy (non-hydrogen) atoms. The molecule has 0 bridgehead atoms. The number of alkyl halides is 3. The van der Waals surface area contributed by atoms with Gasteiger partial charge < -0.3 is 4.74 Å². The van der Waals surface area contributed by atoms with Gasteiger partial charge in [-0.25, -0.2) is 9.78 Å².